The Morgan fingerprint density at radius 1 is 1.14 bits per heavy atom. The van der Waals surface area contributed by atoms with Gasteiger partial charge in [-0.1, -0.05) is 30.3 Å². The van der Waals surface area contributed by atoms with Crippen LogP contribution in [0.25, 0.3) is 32.8 Å². The van der Waals surface area contributed by atoms with E-state index in [0.29, 0.717) is 5.57 Å². The van der Waals surface area contributed by atoms with Crippen LogP contribution in [0.2, 0.25) is 0 Å². The molecule has 2 aromatic carbocycles. The van der Waals surface area contributed by atoms with Crippen molar-refractivity contribution in [2.45, 2.75) is 0 Å². The standard InChI is InChI=1S/C18H11N3S/c19-10-12(18-21-16-7-3-4-8-17(16)22-18)9-13-11-20-15-6-2-1-5-14(13)15/h1-9,11,20H. The highest BCUT2D eigenvalue weighted by atomic mass is 32.1. The van der Waals surface area contributed by atoms with Crippen LogP contribution in [0, 0.1) is 11.3 Å². The fourth-order valence-electron chi connectivity index (χ4n) is 2.50. The lowest BCUT2D eigenvalue weighted by molar-refractivity contribution is 1.43. The Labute approximate surface area is 131 Å². The summed E-state index contributed by atoms with van der Waals surface area (Å²) in [4.78, 5) is 7.79. The lowest BCUT2D eigenvalue weighted by atomic mass is 10.1. The van der Waals surface area contributed by atoms with Crippen LogP contribution in [0.1, 0.15) is 10.6 Å². The zero-order valence-electron chi connectivity index (χ0n) is 11.6. The molecule has 3 nitrogen and oxygen atoms in total. The number of para-hydroxylation sites is 2. The van der Waals surface area contributed by atoms with Crippen LogP contribution < -0.4 is 0 Å². The number of aromatic nitrogens is 2. The van der Waals surface area contributed by atoms with Gasteiger partial charge in [0.25, 0.3) is 0 Å². The Kier molecular flexibility index (Phi) is 2.99. The van der Waals surface area contributed by atoms with Crippen LogP contribution in [0.4, 0.5) is 0 Å². The van der Waals surface area contributed by atoms with Gasteiger partial charge in [0.1, 0.15) is 11.1 Å². The number of nitrogens with one attached hydrogen (secondary N) is 1. The fraction of sp³-hybridized carbons (Fsp3) is 0. The molecule has 0 aliphatic carbocycles. The zero-order valence-corrected chi connectivity index (χ0v) is 12.4. The largest absolute Gasteiger partial charge is 0.361 e. The molecular weight excluding hydrogens is 290 g/mol. The quantitative estimate of drug-likeness (QED) is 0.538. The Morgan fingerprint density at radius 3 is 2.82 bits per heavy atom. The summed E-state index contributed by atoms with van der Waals surface area (Å²) in [5, 5.41) is 11.4. The van der Waals surface area contributed by atoms with Crippen molar-refractivity contribution in [1.82, 2.24) is 9.97 Å². The average molecular weight is 301 g/mol. The number of rotatable bonds is 2. The molecule has 0 aliphatic rings. The first-order valence-corrected chi connectivity index (χ1v) is 7.70. The minimum Gasteiger partial charge on any atom is -0.361 e. The van der Waals surface area contributed by atoms with E-state index in [4.69, 9.17) is 0 Å². The number of hydrogen-bond donors (Lipinski definition) is 1. The number of H-pyrrole nitrogens is 1. The van der Waals surface area contributed by atoms with E-state index in [0.717, 1.165) is 31.7 Å². The van der Waals surface area contributed by atoms with Gasteiger partial charge in [-0.15, -0.1) is 11.3 Å². The van der Waals surface area contributed by atoms with Crippen LogP contribution in [-0.4, -0.2) is 9.97 Å². The van der Waals surface area contributed by atoms with Gasteiger partial charge in [-0.2, -0.15) is 5.26 Å². The molecule has 4 rings (SSSR count). The highest BCUT2D eigenvalue weighted by Gasteiger charge is 2.09. The van der Waals surface area contributed by atoms with Gasteiger partial charge >= 0.3 is 0 Å². The first kappa shape index (κ1) is 12.8. The molecule has 4 aromatic rings. The van der Waals surface area contributed by atoms with E-state index >= 15 is 0 Å². The minimum atomic E-state index is 0.589. The third-order valence-electron chi connectivity index (χ3n) is 3.57. The van der Waals surface area contributed by atoms with Crippen molar-refractivity contribution in [3.63, 3.8) is 0 Å². The van der Waals surface area contributed by atoms with Crippen LogP contribution in [-0.2, 0) is 0 Å². The lowest BCUT2D eigenvalue weighted by Gasteiger charge is -1.94. The van der Waals surface area contributed by atoms with Crippen molar-refractivity contribution in [2.75, 3.05) is 0 Å². The van der Waals surface area contributed by atoms with Gasteiger partial charge in [-0.3, -0.25) is 0 Å². The van der Waals surface area contributed by atoms with E-state index in [2.05, 4.69) is 16.0 Å². The highest BCUT2D eigenvalue weighted by molar-refractivity contribution is 7.19. The molecule has 0 amide bonds. The van der Waals surface area contributed by atoms with E-state index in [9.17, 15) is 5.26 Å². The van der Waals surface area contributed by atoms with Crippen LogP contribution in [0.3, 0.4) is 0 Å². The predicted octanol–water partition coefficient (Wildman–Crippen LogP) is 4.84. The second-order valence-corrected chi connectivity index (χ2v) is 5.98. The smallest absolute Gasteiger partial charge is 0.135 e. The summed E-state index contributed by atoms with van der Waals surface area (Å²) in [5.41, 5.74) is 3.59. The molecule has 0 atom stereocenters. The number of hydrogen-bond acceptors (Lipinski definition) is 3. The third kappa shape index (κ3) is 2.09. The summed E-state index contributed by atoms with van der Waals surface area (Å²) in [6, 6.07) is 18.3. The van der Waals surface area contributed by atoms with Crippen LogP contribution in [0.5, 0.6) is 0 Å². The number of aromatic amines is 1. The van der Waals surface area contributed by atoms with Crippen LogP contribution >= 0.6 is 11.3 Å². The maximum absolute atomic E-state index is 9.51. The normalized spacial score (nSPS) is 11.9. The van der Waals surface area contributed by atoms with Gasteiger partial charge in [0.15, 0.2) is 0 Å². The molecular formula is C18H11N3S. The molecule has 1 N–H and O–H groups in total. The summed E-state index contributed by atoms with van der Waals surface area (Å²) in [6.07, 6.45) is 3.83. The summed E-state index contributed by atoms with van der Waals surface area (Å²) >= 11 is 1.55. The molecule has 0 saturated carbocycles. The van der Waals surface area contributed by atoms with Crippen LogP contribution in [0.15, 0.2) is 54.7 Å². The maximum atomic E-state index is 9.51. The Bertz CT molecular complexity index is 1010. The number of allylic oxidation sites excluding steroid dienone is 1. The van der Waals surface area contributed by atoms with Crippen molar-refractivity contribution < 1.29 is 0 Å². The van der Waals surface area contributed by atoms with E-state index < -0.39 is 0 Å². The molecule has 104 valence electrons. The number of nitriles is 1. The first-order chi connectivity index (χ1) is 10.8. The SMILES string of the molecule is N#CC(=Cc1c[nH]c2ccccc12)c1nc2ccccc2s1. The molecule has 22 heavy (non-hydrogen) atoms. The third-order valence-corrected chi connectivity index (χ3v) is 4.64. The predicted molar refractivity (Wildman–Crippen MR) is 91.4 cm³/mol. The second-order valence-electron chi connectivity index (χ2n) is 4.95. The van der Waals surface area contributed by atoms with E-state index in [1.807, 2.05) is 60.8 Å². The summed E-state index contributed by atoms with van der Waals surface area (Å²) in [5.74, 6) is 0. The molecule has 0 bridgehead atoms. The molecule has 0 saturated heterocycles. The molecule has 0 spiro atoms. The van der Waals surface area contributed by atoms with Crippen molar-refractivity contribution in [1.29, 1.82) is 5.26 Å². The Balaban J connectivity index is 1.86. The van der Waals surface area contributed by atoms with Gasteiger partial charge in [0.2, 0.25) is 0 Å². The number of thiazole rings is 1. The molecule has 2 heterocycles. The maximum Gasteiger partial charge on any atom is 0.135 e. The van der Waals surface area contributed by atoms with Crippen molar-refractivity contribution >= 4 is 44.1 Å². The molecule has 4 heteroatoms. The summed E-state index contributed by atoms with van der Waals surface area (Å²) in [7, 11) is 0. The van der Waals surface area contributed by atoms with Gasteiger partial charge < -0.3 is 4.98 Å². The zero-order chi connectivity index (χ0) is 14.9. The highest BCUT2D eigenvalue weighted by Crippen LogP contribution is 2.29. The topological polar surface area (TPSA) is 52.5 Å². The summed E-state index contributed by atoms with van der Waals surface area (Å²) in [6.45, 7) is 0. The van der Waals surface area contributed by atoms with Gasteiger partial charge in [-0.25, -0.2) is 4.98 Å². The second kappa shape index (κ2) is 5.14. The fourth-order valence-corrected chi connectivity index (χ4v) is 3.43. The van der Waals surface area contributed by atoms with E-state index in [1.54, 1.807) is 11.3 Å². The van der Waals surface area contributed by atoms with E-state index in [1.165, 1.54) is 0 Å². The first-order valence-electron chi connectivity index (χ1n) is 6.89. The molecule has 2 aromatic heterocycles. The summed E-state index contributed by atoms with van der Waals surface area (Å²) < 4.78 is 1.09. The molecule has 0 fully saturated rings. The molecule has 0 aliphatic heterocycles. The Morgan fingerprint density at radius 2 is 1.95 bits per heavy atom. The molecule has 0 unspecified atom stereocenters. The van der Waals surface area contributed by atoms with Gasteiger partial charge in [0.05, 0.1) is 15.8 Å². The van der Waals surface area contributed by atoms with Gasteiger partial charge in [0, 0.05) is 22.7 Å². The van der Waals surface area contributed by atoms with Crippen molar-refractivity contribution in [3.8, 4) is 6.07 Å². The lowest BCUT2D eigenvalue weighted by Crippen LogP contribution is -1.79. The Hall–Kier alpha value is -2.90. The van der Waals surface area contributed by atoms with E-state index in [-0.39, 0.29) is 0 Å². The van der Waals surface area contributed by atoms with Crippen molar-refractivity contribution in [3.05, 3.63) is 65.3 Å². The number of fused-ring (bicyclic) bond motifs is 2. The molecule has 0 radical (unpaired) electrons. The monoisotopic (exact) mass is 301 g/mol. The average Bonchev–Trinajstić information content (AvgIpc) is 3.16. The number of nitrogens with zero attached hydrogens (tertiary/aromatic N) is 2. The van der Waals surface area contributed by atoms with Gasteiger partial charge in [-0.05, 0) is 24.3 Å². The number of benzene rings is 2. The minimum absolute atomic E-state index is 0.589. The van der Waals surface area contributed by atoms with Crippen molar-refractivity contribution in [2.24, 2.45) is 0 Å².